The second kappa shape index (κ2) is 6.70. The van der Waals surface area contributed by atoms with Gasteiger partial charge in [-0.05, 0) is 41.1 Å². The van der Waals surface area contributed by atoms with Gasteiger partial charge in [-0.3, -0.25) is 0 Å². The molecule has 0 bridgehead atoms. The SMILES string of the molecule is C[C@H](O)c1ccc(Br)cc1OCc1cccc(F)c1Br. The second-order valence-corrected chi connectivity index (χ2v) is 6.07. The molecule has 1 N–H and O–H groups in total. The van der Waals surface area contributed by atoms with E-state index in [1.165, 1.54) is 6.07 Å². The zero-order valence-electron chi connectivity index (χ0n) is 10.7. The summed E-state index contributed by atoms with van der Waals surface area (Å²) in [4.78, 5) is 0. The average Bonchev–Trinajstić information content (AvgIpc) is 2.40. The van der Waals surface area contributed by atoms with Gasteiger partial charge in [0, 0.05) is 15.6 Å². The van der Waals surface area contributed by atoms with E-state index in [0.717, 1.165) is 4.47 Å². The lowest BCUT2D eigenvalue weighted by Gasteiger charge is -2.14. The third-order valence-electron chi connectivity index (χ3n) is 2.84. The predicted molar refractivity (Wildman–Crippen MR) is 83.2 cm³/mol. The molecule has 0 aromatic heterocycles. The van der Waals surface area contributed by atoms with Crippen molar-refractivity contribution in [3.63, 3.8) is 0 Å². The molecule has 0 amide bonds. The van der Waals surface area contributed by atoms with Gasteiger partial charge in [0.25, 0.3) is 0 Å². The van der Waals surface area contributed by atoms with E-state index in [9.17, 15) is 9.50 Å². The molecule has 0 heterocycles. The van der Waals surface area contributed by atoms with Gasteiger partial charge in [-0.25, -0.2) is 4.39 Å². The van der Waals surface area contributed by atoms with Crippen molar-refractivity contribution in [3.05, 3.63) is 62.3 Å². The van der Waals surface area contributed by atoms with Crippen LogP contribution in [0.25, 0.3) is 0 Å². The molecule has 0 unspecified atom stereocenters. The number of aliphatic hydroxyl groups is 1. The van der Waals surface area contributed by atoms with Gasteiger partial charge < -0.3 is 9.84 Å². The van der Waals surface area contributed by atoms with Gasteiger partial charge >= 0.3 is 0 Å². The van der Waals surface area contributed by atoms with Crippen molar-refractivity contribution in [1.29, 1.82) is 0 Å². The van der Waals surface area contributed by atoms with Gasteiger partial charge in [-0.15, -0.1) is 0 Å². The first-order valence-corrected chi connectivity index (χ1v) is 7.61. The number of aliphatic hydroxyl groups excluding tert-OH is 1. The summed E-state index contributed by atoms with van der Waals surface area (Å²) in [5, 5.41) is 9.73. The Morgan fingerprint density at radius 2 is 2.00 bits per heavy atom. The lowest BCUT2D eigenvalue weighted by Crippen LogP contribution is -2.02. The van der Waals surface area contributed by atoms with E-state index in [4.69, 9.17) is 4.74 Å². The predicted octanol–water partition coefficient (Wildman–Crippen LogP) is 4.98. The zero-order chi connectivity index (χ0) is 14.7. The molecule has 0 aliphatic rings. The molecule has 0 fully saturated rings. The van der Waals surface area contributed by atoms with Gasteiger partial charge in [0.15, 0.2) is 0 Å². The molecule has 20 heavy (non-hydrogen) atoms. The molecule has 0 aliphatic carbocycles. The molecular weight excluding hydrogens is 391 g/mol. The number of rotatable bonds is 4. The first kappa shape index (κ1) is 15.5. The Bertz CT molecular complexity index is 615. The highest BCUT2D eigenvalue weighted by Crippen LogP contribution is 2.30. The summed E-state index contributed by atoms with van der Waals surface area (Å²) in [6, 6.07) is 10.2. The highest BCUT2D eigenvalue weighted by molar-refractivity contribution is 9.10. The van der Waals surface area contributed by atoms with Crippen LogP contribution < -0.4 is 4.74 Å². The summed E-state index contributed by atoms with van der Waals surface area (Å²) in [5.74, 6) is 0.252. The van der Waals surface area contributed by atoms with Crippen LogP contribution in [-0.2, 0) is 6.61 Å². The molecule has 2 aromatic rings. The Kier molecular flexibility index (Phi) is 5.18. The van der Waals surface area contributed by atoms with Gasteiger partial charge in [-0.2, -0.15) is 0 Å². The van der Waals surface area contributed by atoms with E-state index in [1.807, 2.05) is 6.07 Å². The lowest BCUT2D eigenvalue weighted by atomic mass is 10.1. The molecule has 0 saturated carbocycles. The molecule has 0 aliphatic heterocycles. The number of hydrogen-bond acceptors (Lipinski definition) is 2. The van der Waals surface area contributed by atoms with Crippen molar-refractivity contribution in [3.8, 4) is 5.75 Å². The maximum Gasteiger partial charge on any atom is 0.137 e. The van der Waals surface area contributed by atoms with Gasteiger partial charge in [0.1, 0.15) is 18.2 Å². The van der Waals surface area contributed by atoms with Crippen LogP contribution >= 0.6 is 31.9 Å². The minimum atomic E-state index is -0.631. The average molecular weight is 404 g/mol. The van der Waals surface area contributed by atoms with E-state index < -0.39 is 6.10 Å². The quantitative estimate of drug-likeness (QED) is 0.779. The lowest BCUT2D eigenvalue weighted by molar-refractivity contribution is 0.190. The van der Waals surface area contributed by atoms with Gasteiger partial charge in [0.2, 0.25) is 0 Å². The van der Waals surface area contributed by atoms with E-state index in [-0.39, 0.29) is 12.4 Å². The topological polar surface area (TPSA) is 29.5 Å². The summed E-state index contributed by atoms with van der Waals surface area (Å²) in [5.41, 5.74) is 1.40. The Hall–Kier alpha value is -0.910. The minimum Gasteiger partial charge on any atom is -0.488 e. The van der Waals surface area contributed by atoms with Crippen molar-refractivity contribution < 1.29 is 14.2 Å². The van der Waals surface area contributed by atoms with Crippen molar-refractivity contribution in [2.45, 2.75) is 19.6 Å². The Morgan fingerprint density at radius 3 is 2.70 bits per heavy atom. The molecule has 2 rings (SSSR count). The molecule has 0 spiro atoms. The standard InChI is InChI=1S/C15H13Br2FO2/c1-9(19)12-6-5-11(16)7-14(12)20-8-10-3-2-4-13(18)15(10)17/h2-7,9,19H,8H2,1H3/t9-/m0/s1. The first-order chi connectivity index (χ1) is 9.49. The Morgan fingerprint density at radius 1 is 1.25 bits per heavy atom. The van der Waals surface area contributed by atoms with E-state index in [1.54, 1.807) is 31.2 Å². The fourth-order valence-corrected chi connectivity index (χ4v) is 2.51. The third kappa shape index (κ3) is 3.59. The van der Waals surface area contributed by atoms with Crippen LogP contribution in [0.3, 0.4) is 0 Å². The van der Waals surface area contributed by atoms with Crippen LogP contribution in [0.5, 0.6) is 5.75 Å². The van der Waals surface area contributed by atoms with Gasteiger partial charge in [0.05, 0.1) is 10.6 Å². The zero-order valence-corrected chi connectivity index (χ0v) is 13.9. The normalized spacial score (nSPS) is 12.2. The summed E-state index contributed by atoms with van der Waals surface area (Å²) >= 11 is 6.57. The molecular formula is C15H13Br2FO2. The minimum absolute atomic E-state index is 0.217. The molecule has 1 atom stereocenters. The fraction of sp³-hybridized carbons (Fsp3) is 0.200. The number of hydrogen-bond donors (Lipinski definition) is 1. The maximum absolute atomic E-state index is 13.4. The maximum atomic E-state index is 13.4. The molecule has 2 nitrogen and oxygen atoms in total. The van der Waals surface area contributed by atoms with Crippen LogP contribution in [0.2, 0.25) is 0 Å². The monoisotopic (exact) mass is 402 g/mol. The second-order valence-electron chi connectivity index (χ2n) is 4.36. The number of ether oxygens (including phenoxy) is 1. The smallest absolute Gasteiger partial charge is 0.137 e. The Labute approximate surface area is 133 Å². The molecule has 0 radical (unpaired) electrons. The summed E-state index contributed by atoms with van der Waals surface area (Å²) in [7, 11) is 0. The number of benzene rings is 2. The van der Waals surface area contributed by atoms with Crippen LogP contribution in [0.15, 0.2) is 45.3 Å². The van der Waals surface area contributed by atoms with Crippen molar-refractivity contribution >= 4 is 31.9 Å². The highest BCUT2D eigenvalue weighted by Gasteiger charge is 2.11. The van der Waals surface area contributed by atoms with Crippen LogP contribution in [0, 0.1) is 5.82 Å². The molecule has 0 saturated heterocycles. The van der Waals surface area contributed by atoms with Crippen LogP contribution in [0.1, 0.15) is 24.2 Å². The molecule has 5 heteroatoms. The molecule has 2 aromatic carbocycles. The largest absolute Gasteiger partial charge is 0.488 e. The van der Waals surface area contributed by atoms with Crippen LogP contribution in [0.4, 0.5) is 4.39 Å². The van der Waals surface area contributed by atoms with E-state index in [2.05, 4.69) is 31.9 Å². The first-order valence-electron chi connectivity index (χ1n) is 6.02. The van der Waals surface area contributed by atoms with Crippen molar-refractivity contribution in [2.24, 2.45) is 0 Å². The Balaban J connectivity index is 2.22. The van der Waals surface area contributed by atoms with E-state index >= 15 is 0 Å². The number of halogens is 3. The summed E-state index contributed by atoms with van der Waals surface area (Å²) in [6.45, 7) is 1.89. The van der Waals surface area contributed by atoms with Gasteiger partial charge in [-0.1, -0.05) is 34.1 Å². The fourth-order valence-electron chi connectivity index (χ4n) is 1.79. The summed E-state index contributed by atoms with van der Waals surface area (Å²) in [6.07, 6.45) is -0.631. The van der Waals surface area contributed by atoms with E-state index in [0.29, 0.717) is 21.3 Å². The van der Waals surface area contributed by atoms with Crippen LogP contribution in [-0.4, -0.2) is 5.11 Å². The van der Waals surface area contributed by atoms with Crippen molar-refractivity contribution in [1.82, 2.24) is 0 Å². The van der Waals surface area contributed by atoms with Crippen molar-refractivity contribution in [2.75, 3.05) is 0 Å². The third-order valence-corrected chi connectivity index (χ3v) is 4.22. The highest BCUT2D eigenvalue weighted by atomic mass is 79.9. The molecule has 106 valence electrons. The summed E-state index contributed by atoms with van der Waals surface area (Å²) < 4.78 is 20.4.